The molecule has 1 atom stereocenters. The molecule has 2 rings (SSSR count). The van der Waals surface area contributed by atoms with Crippen molar-refractivity contribution in [2.24, 2.45) is 33.0 Å². The van der Waals surface area contributed by atoms with E-state index in [0.717, 1.165) is 19.3 Å². The molecule has 0 aromatic rings. The first kappa shape index (κ1) is 78.3. The summed E-state index contributed by atoms with van der Waals surface area (Å²) in [5.74, 6) is 8.96. The number of nitrogens with one attached hydrogen (secondary N) is 3. The van der Waals surface area contributed by atoms with Crippen LogP contribution < -0.4 is 16.0 Å². The third-order valence-electron chi connectivity index (χ3n) is 8.67. The number of amides is 3. The Labute approximate surface area is 436 Å². The quantitative estimate of drug-likeness (QED) is 0.132. The van der Waals surface area contributed by atoms with Crippen molar-refractivity contribution in [3.05, 3.63) is 0 Å². The molecule has 1 heterocycles. The SMILES string of the molecule is C#CC(=O)C(C)(C)C.CC(C)(C)C(=O)C1CO1.CC(C)(C)NC(=O)C1CC1.CCC#CC(=O)C(C)(C)C.CCC(=O)C(C)(C)C.CCC(=O)C(C)(C)C.CCC(=O)NC(C)(C)C.CCC(=O)NC(C)(C)C. The van der Waals surface area contributed by atoms with Gasteiger partial charge in [-0.15, -0.1) is 6.42 Å². The van der Waals surface area contributed by atoms with Crippen molar-refractivity contribution in [2.75, 3.05) is 6.61 Å². The Balaban J connectivity index is -0.000000170. The van der Waals surface area contributed by atoms with E-state index in [1.54, 1.807) is 20.8 Å². The molecule has 0 spiro atoms. The minimum absolute atomic E-state index is 0.0225. The maximum absolute atomic E-state index is 11.1. The standard InChI is InChI=1S/C9H14O.C8H15NO.2C7H15NO.C7H12O2.2C7H14O.C7H10O/c1-5-6-7-8(10)9(2,3)4;1-8(2,3)9-7(10)6-4-5-6;2*1-5-6(9)8-7(2,3)4;1-7(2,3)6(8)5-4-9-5;3*1-5-6(8)7(2,3)4/h5H2,1-4H3;6H,4-5H2,1-3H3,(H,9,10);2*5H2,1-4H3,(H,8,9);5H,4H2,1-3H3;2*5H2,1-4H3;1H,2-4H3. The smallest absolute Gasteiger partial charge is 0.223 e. The summed E-state index contributed by atoms with van der Waals surface area (Å²) in [6.45, 7) is 56.3. The zero-order chi connectivity index (χ0) is 58.4. The second-order valence-electron chi connectivity index (χ2n) is 25.8. The summed E-state index contributed by atoms with van der Waals surface area (Å²) in [5, 5.41) is 8.60. The first-order chi connectivity index (χ1) is 31.3. The van der Waals surface area contributed by atoms with Gasteiger partial charge in [0.2, 0.25) is 29.3 Å². The van der Waals surface area contributed by atoms with E-state index in [0.29, 0.717) is 49.8 Å². The molecule has 0 aromatic carbocycles. The van der Waals surface area contributed by atoms with E-state index >= 15 is 0 Å². The normalized spacial score (nSPS) is 13.9. The predicted molar refractivity (Wildman–Crippen MR) is 297 cm³/mol. The number of Topliss-reactive ketones (excluding diaryl/α,β-unsaturated/α-hetero) is 5. The van der Waals surface area contributed by atoms with Crippen molar-refractivity contribution in [3.8, 4) is 24.2 Å². The molecule has 1 unspecified atom stereocenters. The molecule has 12 nitrogen and oxygen atoms in total. The Morgan fingerprint density at radius 1 is 0.465 bits per heavy atom. The number of carbonyl (C=O) groups is 8. The van der Waals surface area contributed by atoms with Gasteiger partial charge >= 0.3 is 0 Å². The molecular formula is C59H109N3O9. The second kappa shape index (κ2) is 35.1. The molecule has 12 heteroatoms. The van der Waals surface area contributed by atoms with E-state index in [1.165, 1.54) is 0 Å². The zero-order valence-electron chi connectivity index (χ0n) is 51.1. The fourth-order valence-corrected chi connectivity index (χ4v) is 4.15. The van der Waals surface area contributed by atoms with Crippen molar-refractivity contribution >= 4 is 46.6 Å². The molecule has 0 radical (unpaired) electrons. The van der Waals surface area contributed by atoms with Gasteiger partial charge in [-0.25, -0.2) is 0 Å². The summed E-state index contributed by atoms with van der Waals surface area (Å²) in [6.07, 6.45) is 10.1. The lowest BCUT2D eigenvalue weighted by molar-refractivity contribution is -0.127. The van der Waals surface area contributed by atoms with Crippen molar-refractivity contribution in [1.82, 2.24) is 16.0 Å². The number of terminal acetylenes is 1. The van der Waals surface area contributed by atoms with Crippen molar-refractivity contribution < 1.29 is 43.1 Å². The van der Waals surface area contributed by atoms with Gasteiger partial charge in [0.25, 0.3) is 0 Å². The van der Waals surface area contributed by atoms with Crippen molar-refractivity contribution in [3.63, 3.8) is 0 Å². The molecule has 3 amide bonds. The average molecular weight is 1000 g/mol. The van der Waals surface area contributed by atoms with Crippen LogP contribution in [0.25, 0.3) is 0 Å². The molecule has 1 saturated heterocycles. The van der Waals surface area contributed by atoms with E-state index in [4.69, 9.17) is 11.2 Å². The van der Waals surface area contributed by atoms with Crippen LogP contribution in [0.4, 0.5) is 0 Å². The van der Waals surface area contributed by atoms with Crippen LogP contribution in [-0.4, -0.2) is 76.0 Å². The molecule has 414 valence electrons. The van der Waals surface area contributed by atoms with Gasteiger partial charge in [0.15, 0.2) is 5.78 Å². The second-order valence-corrected chi connectivity index (χ2v) is 25.8. The van der Waals surface area contributed by atoms with Crippen LogP contribution in [0.15, 0.2) is 0 Å². The molecule has 0 bridgehead atoms. The highest BCUT2D eigenvalue weighted by atomic mass is 16.6. The average Bonchev–Trinajstić information content (AvgIpc) is 4.11. The highest BCUT2D eigenvalue weighted by Crippen LogP contribution is 2.29. The highest BCUT2D eigenvalue weighted by Gasteiger charge is 2.38. The fourth-order valence-electron chi connectivity index (χ4n) is 4.15. The van der Waals surface area contributed by atoms with Crippen molar-refractivity contribution in [1.29, 1.82) is 0 Å². The van der Waals surface area contributed by atoms with Crippen LogP contribution in [0.2, 0.25) is 0 Å². The van der Waals surface area contributed by atoms with Crippen LogP contribution in [0, 0.1) is 57.2 Å². The zero-order valence-corrected chi connectivity index (χ0v) is 51.1. The Hall–Kier alpha value is -4.16. The first-order valence-corrected chi connectivity index (χ1v) is 25.6. The van der Waals surface area contributed by atoms with Gasteiger partial charge in [0.05, 0.1) is 6.61 Å². The van der Waals surface area contributed by atoms with Gasteiger partial charge in [0, 0.05) is 81.7 Å². The van der Waals surface area contributed by atoms with Crippen LogP contribution in [-0.2, 0) is 43.1 Å². The summed E-state index contributed by atoms with van der Waals surface area (Å²) in [5.41, 5.74) is -1.36. The molecule has 1 aliphatic carbocycles. The summed E-state index contributed by atoms with van der Waals surface area (Å²) in [7, 11) is 0. The molecule has 1 saturated carbocycles. The summed E-state index contributed by atoms with van der Waals surface area (Å²) >= 11 is 0. The van der Waals surface area contributed by atoms with E-state index in [2.05, 4.69) is 33.7 Å². The van der Waals surface area contributed by atoms with Crippen LogP contribution >= 0.6 is 0 Å². The lowest BCUT2D eigenvalue weighted by Gasteiger charge is -2.20. The number of epoxide rings is 1. The third kappa shape index (κ3) is 56.6. The van der Waals surface area contributed by atoms with Gasteiger partial charge in [-0.05, 0) is 87.0 Å². The Morgan fingerprint density at radius 2 is 0.775 bits per heavy atom. The molecular weight excluding hydrogens is 895 g/mol. The fraction of sp³-hybridized carbons (Fsp3) is 0.797. The number of carbonyl (C=O) groups excluding carboxylic acids is 8. The number of hydrogen-bond donors (Lipinski definition) is 3. The minimum Gasteiger partial charge on any atom is -0.365 e. The molecule has 0 aromatic heterocycles. The van der Waals surface area contributed by atoms with E-state index in [-0.39, 0.29) is 84.9 Å². The maximum atomic E-state index is 11.1. The van der Waals surface area contributed by atoms with Crippen molar-refractivity contribution in [2.45, 2.75) is 268 Å². The minimum atomic E-state index is -0.366. The molecule has 2 aliphatic rings. The maximum Gasteiger partial charge on any atom is 0.223 e. The summed E-state index contributed by atoms with van der Waals surface area (Å²) in [4.78, 5) is 87.0. The lowest BCUT2D eigenvalue weighted by atomic mass is 9.89. The third-order valence-corrected chi connectivity index (χ3v) is 8.67. The topological polar surface area (TPSA) is 185 Å². The summed E-state index contributed by atoms with van der Waals surface area (Å²) < 4.78 is 4.85. The number of rotatable bonds is 6. The summed E-state index contributed by atoms with van der Waals surface area (Å²) in [6, 6.07) is 0. The van der Waals surface area contributed by atoms with E-state index in [1.807, 2.05) is 180 Å². The van der Waals surface area contributed by atoms with Gasteiger partial charge in [-0.1, -0.05) is 144 Å². The molecule has 1 aliphatic heterocycles. The van der Waals surface area contributed by atoms with E-state index < -0.39 is 0 Å². The Bertz CT molecular complexity index is 1670. The predicted octanol–water partition coefficient (Wildman–Crippen LogP) is 12.2. The number of ether oxygens (including phenoxy) is 1. The molecule has 71 heavy (non-hydrogen) atoms. The number of ketones is 5. The monoisotopic (exact) mass is 1000 g/mol. The van der Waals surface area contributed by atoms with Gasteiger partial charge in [0.1, 0.15) is 17.7 Å². The van der Waals surface area contributed by atoms with Crippen LogP contribution in [0.1, 0.15) is 246 Å². The Kier molecular flexibility index (Phi) is 38.7. The van der Waals surface area contributed by atoms with Gasteiger partial charge < -0.3 is 20.7 Å². The van der Waals surface area contributed by atoms with Gasteiger partial charge in [-0.3, -0.25) is 38.4 Å². The van der Waals surface area contributed by atoms with Crippen LogP contribution in [0.5, 0.6) is 0 Å². The van der Waals surface area contributed by atoms with Gasteiger partial charge in [-0.2, -0.15) is 0 Å². The van der Waals surface area contributed by atoms with E-state index in [9.17, 15) is 38.4 Å². The largest absolute Gasteiger partial charge is 0.365 e. The van der Waals surface area contributed by atoms with Crippen LogP contribution in [0.3, 0.4) is 0 Å². The number of hydrogen-bond acceptors (Lipinski definition) is 9. The highest BCUT2D eigenvalue weighted by molar-refractivity contribution is 5.99. The first-order valence-electron chi connectivity index (χ1n) is 25.6. The molecule has 3 N–H and O–H groups in total. The lowest BCUT2D eigenvalue weighted by Crippen LogP contribution is -2.41. The molecule has 2 fully saturated rings. The Morgan fingerprint density at radius 3 is 0.887 bits per heavy atom.